The van der Waals surface area contributed by atoms with Gasteiger partial charge < -0.3 is 4.90 Å². The molecular weight excluding hydrogens is 518 g/mol. The van der Waals surface area contributed by atoms with E-state index in [4.69, 9.17) is 0 Å². The van der Waals surface area contributed by atoms with Crippen molar-refractivity contribution >= 4 is 32.3 Å². The Balaban J connectivity index is 1.26. The van der Waals surface area contributed by atoms with Gasteiger partial charge in [-0.15, -0.1) is 0 Å². The summed E-state index contributed by atoms with van der Waals surface area (Å²) in [6.07, 6.45) is 1.57. The van der Waals surface area contributed by atoms with Crippen LogP contribution in [0, 0.1) is 11.6 Å². The van der Waals surface area contributed by atoms with Crippen LogP contribution in [-0.2, 0) is 10.0 Å². The summed E-state index contributed by atoms with van der Waals surface area (Å²) in [5.74, 6) is -1.11. The highest BCUT2D eigenvalue weighted by Crippen LogP contribution is 2.30. The fourth-order valence-electron chi connectivity index (χ4n) is 5.18. The van der Waals surface area contributed by atoms with Crippen molar-refractivity contribution in [1.29, 1.82) is 0 Å². The van der Waals surface area contributed by atoms with Crippen LogP contribution < -0.4 is 4.72 Å². The zero-order valence-electron chi connectivity index (χ0n) is 21.8. The third kappa shape index (κ3) is 5.51. The topological polar surface area (TPSA) is 65.5 Å². The summed E-state index contributed by atoms with van der Waals surface area (Å²) in [4.78, 5) is 8.76. The van der Waals surface area contributed by atoms with E-state index in [2.05, 4.69) is 33.0 Å². The van der Waals surface area contributed by atoms with Crippen molar-refractivity contribution in [2.75, 3.05) is 24.4 Å². The first kappa shape index (κ1) is 26.8. The number of hydrogen-bond donors (Lipinski definition) is 1. The monoisotopic (exact) mass is 548 g/mol. The van der Waals surface area contributed by atoms with Gasteiger partial charge in [0.05, 0.1) is 5.52 Å². The van der Waals surface area contributed by atoms with Gasteiger partial charge in [-0.05, 0) is 49.7 Å². The van der Waals surface area contributed by atoms with Crippen LogP contribution in [0.1, 0.15) is 31.0 Å². The van der Waals surface area contributed by atoms with Crippen molar-refractivity contribution in [3.8, 4) is 0 Å². The molecule has 39 heavy (non-hydrogen) atoms. The molecule has 202 valence electrons. The van der Waals surface area contributed by atoms with Gasteiger partial charge in [0.1, 0.15) is 16.5 Å². The first-order valence-electron chi connectivity index (χ1n) is 12.8. The van der Waals surface area contributed by atoms with Crippen LogP contribution in [-0.4, -0.2) is 48.9 Å². The van der Waals surface area contributed by atoms with Gasteiger partial charge in [-0.3, -0.25) is 14.6 Å². The molecule has 1 fully saturated rings. The highest BCUT2D eigenvalue weighted by atomic mass is 32.2. The molecule has 0 amide bonds. The van der Waals surface area contributed by atoms with Crippen molar-refractivity contribution in [2.45, 2.75) is 30.8 Å². The Morgan fingerprint density at radius 2 is 1.79 bits per heavy atom. The van der Waals surface area contributed by atoms with Gasteiger partial charge in [0.15, 0.2) is 0 Å². The van der Waals surface area contributed by atoms with Gasteiger partial charge in [0.25, 0.3) is 10.0 Å². The van der Waals surface area contributed by atoms with Crippen LogP contribution in [0.3, 0.4) is 0 Å². The van der Waals surface area contributed by atoms with E-state index in [1.165, 1.54) is 12.1 Å². The number of para-hydroxylation sites is 1. The summed E-state index contributed by atoms with van der Waals surface area (Å²) in [5.41, 5.74) is 3.04. The zero-order valence-corrected chi connectivity index (χ0v) is 22.6. The number of rotatable bonds is 7. The van der Waals surface area contributed by atoms with Crippen molar-refractivity contribution in [3.05, 3.63) is 108 Å². The molecule has 4 aromatic rings. The molecule has 9 heteroatoms. The lowest BCUT2D eigenvalue weighted by Gasteiger charge is -2.44. The predicted octanol–water partition coefficient (Wildman–Crippen LogP) is 6.05. The number of fused-ring (bicyclic) bond motifs is 1. The molecule has 0 saturated carbocycles. The van der Waals surface area contributed by atoms with Gasteiger partial charge in [-0.25, -0.2) is 17.2 Å². The molecule has 0 bridgehead atoms. The second-order valence-corrected chi connectivity index (χ2v) is 11.5. The third-order valence-electron chi connectivity index (χ3n) is 7.32. The summed E-state index contributed by atoms with van der Waals surface area (Å²) < 4.78 is 56.6. The van der Waals surface area contributed by atoms with E-state index in [-0.39, 0.29) is 17.0 Å². The smallest absolute Gasteiger partial charge is 0.264 e. The fourth-order valence-corrected chi connectivity index (χ4v) is 6.41. The normalized spacial score (nSPS) is 17.2. The predicted molar refractivity (Wildman–Crippen MR) is 151 cm³/mol. The lowest BCUT2D eigenvalue weighted by atomic mass is 10.0. The number of anilines is 1. The zero-order chi connectivity index (χ0) is 27.7. The summed E-state index contributed by atoms with van der Waals surface area (Å²) in [7, 11) is -3.84. The minimum Gasteiger partial charge on any atom is -0.366 e. The Labute approximate surface area is 227 Å². The Bertz CT molecular complexity index is 1620. The minimum absolute atomic E-state index is 0.106. The average molecular weight is 549 g/mol. The maximum absolute atomic E-state index is 14.3. The van der Waals surface area contributed by atoms with Crippen LogP contribution in [0.2, 0.25) is 0 Å². The molecule has 1 aliphatic heterocycles. The van der Waals surface area contributed by atoms with Crippen molar-refractivity contribution < 1.29 is 17.2 Å². The summed E-state index contributed by atoms with van der Waals surface area (Å²) >= 11 is 0. The Morgan fingerprint density at radius 3 is 2.51 bits per heavy atom. The Kier molecular flexibility index (Phi) is 7.38. The number of pyridine rings is 1. The van der Waals surface area contributed by atoms with E-state index in [1.807, 2.05) is 31.2 Å². The molecule has 1 saturated heterocycles. The molecular formula is C30H30F2N4O2S. The van der Waals surface area contributed by atoms with Crippen LogP contribution in [0.15, 0.2) is 90.5 Å². The first-order chi connectivity index (χ1) is 18.6. The summed E-state index contributed by atoms with van der Waals surface area (Å²) in [6, 6.07) is 19.4. The molecule has 1 unspecified atom stereocenters. The molecule has 3 aromatic carbocycles. The van der Waals surface area contributed by atoms with Gasteiger partial charge in [0.2, 0.25) is 0 Å². The van der Waals surface area contributed by atoms with Gasteiger partial charge >= 0.3 is 0 Å². The first-order valence-corrected chi connectivity index (χ1v) is 14.2. The lowest BCUT2D eigenvalue weighted by molar-refractivity contribution is 0.0953. The van der Waals surface area contributed by atoms with Crippen molar-refractivity contribution in [3.63, 3.8) is 0 Å². The summed E-state index contributed by atoms with van der Waals surface area (Å²) in [5, 5.41) is 0.749. The van der Waals surface area contributed by atoms with Crippen molar-refractivity contribution in [1.82, 2.24) is 14.8 Å². The average Bonchev–Trinajstić information content (AvgIpc) is 2.92. The fraction of sp³-hybridized carbons (Fsp3) is 0.233. The molecule has 2 heterocycles. The molecule has 0 spiro atoms. The molecule has 1 aliphatic rings. The largest absolute Gasteiger partial charge is 0.366 e. The number of aromatic nitrogens is 1. The second-order valence-electron chi connectivity index (χ2n) is 9.84. The van der Waals surface area contributed by atoms with Gasteiger partial charge in [-0.1, -0.05) is 43.0 Å². The molecule has 0 radical (unpaired) electrons. The highest BCUT2D eigenvalue weighted by molar-refractivity contribution is 7.93. The van der Waals surface area contributed by atoms with E-state index in [0.29, 0.717) is 36.4 Å². The molecule has 6 nitrogen and oxygen atoms in total. The maximum atomic E-state index is 14.3. The molecule has 5 rings (SSSR count). The van der Waals surface area contributed by atoms with Gasteiger partial charge in [-0.2, -0.15) is 0 Å². The number of nitrogens with one attached hydrogen (secondary N) is 1. The Hall–Kier alpha value is -3.82. The number of piperazine rings is 1. The van der Waals surface area contributed by atoms with Crippen LogP contribution in [0.5, 0.6) is 0 Å². The van der Waals surface area contributed by atoms with E-state index in [1.54, 1.807) is 36.5 Å². The van der Waals surface area contributed by atoms with E-state index in [9.17, 15) is 17.2 Å². The number of hydrogen-bond acceptors (Lipinski definition) is 5. The number of halogens is 2. The SMILES string of the molecule is C=C(c1ccc(NS(=O)(=O)c2cccc3cccnc23)cc1)N1CCN(C(C)c2ccc(F)cc2F)C[C@H]1C. The van der Waals surface area contributed by atoms with Gasteiger partial charge in [0, 0.05) is 66.3 Å². The highest BCUT2D eigenvalue weighted by Gasteiger charge is 2.29. The maximum Gasteiger partial charge on any atom is 0.264 e. The second kappa shape index (κ2) is 10.7. The van der Waals surface area contributed by atoms with E-state index >= 15 is 0 Å². The standard InChI is InChI=1S/C30H30F2N4O2S/c1-20-19-35(22(3)27-14-11-25(31)18-28(27)32)16-17-36(20)21(2)23-9-12-26(13-10-23)34-39(37,38)29-8-4-6-24-7-5-15-33-30(24)29/h4-15,18,20,22,34H,2,16-17,19H2,1,3H3/t20-,22?/m1/s1. The molecule has 0 aliphatic carbocycles. The minimum atomic E-state index is -3.84. The van der Waals surface area contributed by atoms with Crippen molar-refractivity contribution in [2.24, 2.45) is 0 Å². The lowest BCUT2D eigenvalue weighted by Crippen LogP contribution is -2.51. The van der Waals surface area contributed by atoms with Crippen LogP contribution >= 0.6 is 0 Å². The molecule has 2 atom stereocenters. The third-order valence-corrected chi connectivity index (χ3v) is 8.73. The molecule has 1 aromatic heterocycles. The Morgan fingerprint density at radius 1 is 1.05 bits per heavy atom. The summed E-state index contributed by atoms with van der Waals surface area (Å²) in [6.45, 7) is 10.4. The number of sulfonamides is 1. The van der Waals surface area contributed by atoms with E-state index in [0.717, 1.165) is 22.7 Å². The van der Waals surface area contributed by atoms with Crippen LogP contribution in [0.25, 0.3) is 16.6 Å². The van der Waals surface area contributed by atoms with E-state index < -0.39 is 21.7 Å². The number of benzene rings is 3. The number of nitrogens with zero attached hydrogens (tertiary/aromatic N) is 3. The quantitative estimate of drug-likeness (QED) is 0.305. The molecule has 1 N–H and O–H groups in total. The van der Waals surface area contributed by atoms with Crippen LogP contribution in [0.4, 0.5) is 14.5 Å².